The van der Waals surface area contributed by atoms with Gasteiger partial charge >= 0.3 is 5.97 Å². The van der Waals surface area contributed by atoms with Crippen molar-refractivity contribution in [2.75, 3.05) is 13.1 Å². The Bertz CT molecular complexity index is 369. The number of rotatable bonds is 5. The van der Waals surface area contributed by atoms with E-state index in [0.29, 0.717) is 6.04 Å². The lowest BCUT2D eigenvalue weighted by Crippen LogP contribution is -2.43. The lowest BCUT2D eigenvalue weighted by molar-refractivity contribution is -0.143. The van der Waals surface area contributed by atoms with E-state index in [2.05, 4.69) is 28.7 Å². The van der Waals surface area contributed by atoms with E-state index in [1.54, 1.807) is 11.3 Å². The van der Waals surface area contributed by atoms with Crippen molar-refractivity contribution in [1.29, 1.82) is 0 Å². The lowest BCUT2D eigenvalue weighted by atomic mass is 9.94. The number of nitrogens with zero attached hydrogens (tertiary/aromatic N) is 1. The second-order valence-electron chi connectivity index (χ2n) is 5.05. The first kappa shape index (κ1) is 13.6. The minimum absolute atomic E-state index is 0.125. The van der Waals surface area contributed by atoms with Crippen LogP contribution in [0.25, 0.3) is 0 Å². The fourth-order valence-corrected chi connectivity index (χ4v) is 3.41. The van der Waals surface area contributed by atoms with Gasteiger partial charge in [-0.3, -0.25) is 4.79 Å². The van der Waals surface area contributed by atoms with Gasteiger partial charge in [-0.2, -0.15) is 11.3 Å². The molecule has 3 nitrogen and oxygen atoms in total. The Kier molecular flexibility index (Phi) is 4.78. The zero-order chi connectivity index (χ0) is 13.0. The van der Waals surface area contributed by atoms with Crippen LogP contribution in [0.3, 0.4) is 0 Å². The van der Waals surface area contributed by atoms with Gasteiger partial charge in [0.15, 0.2) is 0 Å². The number of hydrogen-bond donors (Lipinski definition) is 1. The number of carboxylic acid groups (broad SMARTS) is 1. The third-order valence-corrected chi connectivity index (χ3v) is 4.65. The summed E-state index contributed by atoms with van der Waals surface area (Å²) in [5.74, 6) is -0.750. The smallest absolute Gasteiger partial charge is 0.306 e. The Morgan fingerprint density at radius 1 is 1.56 bits per heavy atom. The molecule has 1 atom stereocenters. The first-order valence-corrected chi connectivity index (χ1v) is 7.63. The molecular formula is C14H21NO2S. The molecule has 2 rings (SSSR count). The van der Waals surface area contributed by atoms with Gasteiger partial charge in [-0.05, 0) is 61.2 Å². The SMILES string of the molecule is CCC(Cc1ccsc1)N1CCC(C(=O)O)CC1. The van der Waals surface area contributed by atoms with E-state index in [0.717, 1.165) is 38.8 Å². The van der Waals surface area contributed by atoms with Crippen molar-refractivity contribution in [1.82, 2.24) is 4.90 Å². The maximum Gasteiger partial charge on any atom is 0.306 e. The van der Waals surface area contributed by atoms with Gasteiger partial charge in [0.1, 0.15) is 0 Å². The molecule has 0 saturated carbocycles. The third kappa shape index (κ3) is 3.33. The summed E-state index contributed by atoms with van der Waals surface area (Å²) in [6, 6.07) is 2.76. The Hall–Kier alpha value is -0.870. The van der Waals surface area contributed by atoms with E-state index >= 15 is 0 Å². The van der Waals surface area contributed by atoms with Gasteiger partial charge in [-0.15, -0.1) is 0 Å². The van der Waals surface area contributed by atoms with Gasteiger partial charge in [0.05, 0.1) is 5.92 Å². The number of hydrogen-bond acceptors (Lipinski definition) is 3. The molecule has 1 N–H and O–H groups in total. The molecule has 1 saturated heterocycles. The highest BCUT2D eigenvalue weighted by Gasteiger charge is 2.27. The molecule has 4 heteroatoms. The molecule has 1 unspecified atom stereocenters. The number of piperidine rings is 1. The molecule has 1 aromatic rings. The van der Waals surface area contributed by atoms with E-state index in [1.165, 1.54) is 5.56 Å². The number of carbonyl (C=O) groups is 1. The normalized spacial score (nSPS) is 19.8. The molecule has 0 spiro atoms. The molecule has 1 aromatic heterocycles. The Labute approximate surface area is 112 Å². The van der Waals surface area contributed by atoms with Crippen LogP contribution in [-0.2, 0) is 11.2 Å². The van der Waals surface area contributed by atoms with Crippen LogP contribution in [-0.4, -0.2) is 35.1 Å². The van der Waals surface area contributed by atoms with E-state index in [4.69, 9.17) is 5.11 Å². The number of aliphatic carboxylic acids is 1. The van der Waals surface area contributed by atoms with E-state index in [-0.39, 0.29) is 5.92 Å². The standard InChI is InChI=1S/C14H21NO2S/c1-2-13(9-11-5-8-18-10-11)15-6-3-12(4-7-15)14(16)17/h5,8,10,12-13H,2-4,6-7,9H2,1H3,(H,16,17). The number of carboxylic acids is 1. The van der Waals surface area contributed by atoms with Gasteiger partial charge < -0.3 is 10.0 Å². The summed E-state index contributed by atoms with van der Waals surface area (Å²) in [7, 11) is 0. The molecule has 0 aliphatic carbocycles. The lowest BCUT2D eigenvalue weighted by Gasteiger charge is -2.36. The number of likely N-dealkylation sites (tertiary alicyclic amines) is 1. The van der Waals surface area contributed by atoms with Crippen LogP contribution in [0.4, 0.5) is 0 Å². The van der Waals surface area contributed by atoms with Gasteiger partial charge in [0, 0.05) is 6.04 Å². The molecule has 0 radical (unpaired) electrons. The topological polar surface area (TPSA) is 40.5 Å². The van der Waals surface area contributed by atoms with Crippen LogP contribution in [0.1, 0.15) is 31.7 Å². The molecule has 2 heterocycles. The summed E-state index contributed by atoms with van der Waals surface area (Å²) in [5, 5.41) is 13.3. The largest absolute Gasteiger partial charge is 0.481 e. The first-order chi connectivity index (χ1) is 8.70. The van der Waals surface area contributed by atoms with Crippen molar-refractivity contribution in [2.45, 2.75) is 38.6 Å². The van der Waals surface area contributed by atoms with Gasteiger partial charge in [0.2, 0.25) is 0 Å². The molecule has 1 aliphatic heterocycles. The first-order valence-electron chi connectivity index (χ1n) is 6.68. The highest BCUT2D eigenvalue weighted by atomic mass is 32.1. The summed E-state index contributed by atoms with van der Waals surface area (Å²) in [5.41, 5.74) is 1.41. The van der Waals surface area contributed by atoms with Crippen molar-refractivity contribution in [2.24, 2.45) is 5.92 Å². The second-order valence-corrected chi connectivity index (χ2v) is 5.83. The minimum Gasteiger partial charge on any atom is -0.481 e. The minimum atomic E-state index is -0.625. The van der Waals surface area contributed by atoms with Crippen LogP contribution in [0.5, 0.6) is 0 Å². The Balaban J connectivity index is 1.88. The average molecular weight is 267 g/mol. The van der Waals surface area contributed by atoms with Gasteiger partial charge in [-0.1, -0.05) is 6.92 Å². The van der Waals surface area contributed by atoms with Crippen molar-refractivity contribution in [3.8, 4) is 0 Å². The van der Waals surface area contributed by atoms with E-state index in [1.807, 2.05) is 0 Å². The van der Waals surface area contributed by atoms with Crippen LogP contribution >= 0.6 is 11.3 Å². The summed E-state index contributed by atoms with van der Waals surface area (Å²) in [6.07, 6.45) is 3.83. The number of thiophene rings is 1. The Morgan fingerprint density at radius 2 is 2.28 bits per heavy atom. The van der Waals surface area contributed by atoms with Crippen molar-refractivity contribution in [3.05, 3.63) is 22.4 Å². The van der Waals surface area contributed by atoms with Crippen LogP contribution in [0.2, 0.25) is 0 Å². The molecule has 100 valence electrons. The fraction of sp³-hybridized carbons (Fsp3) is 0.643. The fourth-order valence-electron chi connectivity index (χ4n) is 2.72. The third-order valence-electron chi connectivity index (χ3n) is 3.92. The monoisotopic (exact) mass is 267 g/mol. The molecule has 18 heavy (non-hydrogen) atoms. The summed E-state index contributed by atoms with van der Waals surface area (Å²) >= 11 is 1.75. The molecule has 1 aliphatic rings. The van der Waals surface area contributed by atoms with Crippen molar-refractivity contribution < 1.29 is 9.90 Å². The predicted molar refractivity (Wildman–Crippen MR) is 74.0 cm³/mol. The van der Waals surface area contributed by atoms with Crippen LogP contribution in [0, 0.1) is 5.92 Å². The highest BCUT2D eigenvalue weighted by molar-refractivity contribution is 7.07. The average Bonchev–Trinajstić information content (AvgIpc) is 2.89. The van der Waals surface area contributed by atoms with Gasteiger partial charge in [0.25, 0.3) is 0 Å². The highest BCUT2D eigenvalue weighted by Crippen LogP contribution is 2.22. The summed E-state index contributed by atoms with van der Waals surface area (Å²) < 4.78 is 0. The molecule has 1 fully saturated rings. The zero-order valence-corrected chi connectivity index (χ0v) is 11.7. The molecule has 0 bridgehead atoms. The van der Waals surface area contributed by atoms with E-state index in [9.17, 15) is 4.79 Å². The second kappa shape index (κ2) is 6.34. The summed E-state index contributed by atoms with van der Waals surface area (Å²) in [6.45, 7) is 4.08. The zero-order valence-electron chi connectivity index (χ0n) is 10.8. The van der Waals surface area contributed by atoms with Gasteiger partial charge in [-0.25, -0.2) is 0 Å². The molecule has 0 aromatic carbocycles. The Morgan fingerprint density at radius 3 is 2.78 bits per heavy atom. The van der Waals surface area contributed by atoms with Crippen LogP contribution < -0.4 is 0 Å². The van der Waals surface area contributed by atoms with Crippen molar-refractivity contribution in [3.63, 3.8) is 0 Å². The summed E-state index contributed by atoms with van der Waals surface area (Å²) in [4.78, 5) is 13.4. The quantitative estimate of drug-likeness (QED) is 0.892. The molecule has 0 amide bonds. The maximum absolute atomic E-state index is 10.9. The predicted octanol–water partition coefficient (Wildman–Crippen LogP) is 2.87. The maximum atomic E-state index is 10.9. The van der Waals surface area contributed by atoms with E-state index < -0.39 is 5.97 Å². The molecular weight excluding hydrogens is 246 g/mol. The van der Waals surface area contributed by atoms with Crippen LogP contribution in [0.15, 0.2) is 16.8 Å². The van der Waals surface area contributed by atoms with Crippen molar-refractivity contribution >= 4 is 17.3 Å².